The Morgan fingerprint density at radius 2 is 1.88 bits per heavy atom. The van der Waals surface area contributed by atoms with Crippen molar-refractivity contribution in [1.29, 1.82) is 0 Å². The highest BCUT2D eigenvalue weighted by Gasteiger charge is 2.11. The Balaban J connectivity index is 2.00. The van der Waals surface area contributed by atoms with E-state index >= 15 is 0 Å². The summed E-state index contributed by atoms with van der Waals surface area (Å²) in [5.74, 6) is 0.739. The molecular weight excluding hydrogens is 300 g/mol. The van der Waals surface area contributed by atoms with Crippen molar-refractivity contribution in [2.75, 3.05) is 12.4 Å². The number of fused-ring (bicyclic) bond motifs is 1. The SMILES string of the molecule is CNC(=O)c1cc(NCc2c(C)cccc2C)n2cc(C)nc2c1. The number of carbonyl (C=O) groups is 1. The zero-order valence-corrected chi connectivity index (χ0v) is 14.5. The van der Waals surface area contributed by atoms with E-state index in [1.807, 2.05) is 23.6 Å². The van der Waals surface area contributed by atoms with Crippen LogP contribution in [0.1, 0.15) is 32.7 Å². The summed E-state index contributed by atoms with van der Waals surface area (Å²) in [4.78, 5) is 16.5. The lowest BCUT2D eigenvalue weighted by Crippen LogP contribution is -2.18. The Bertz CT molecular complexity index is 891. The molecule has 0 saturated heterocycles. The summed E-state index contributed by atoms with van der Waals surface area (Å²) in [6.07, 6.45) is 1.97. The van der Waals surface area contributed by atoms with Gasteiger partial charge in [0.15, 0.2) is 0 Å². The maximum absolute atomic E-state index is 12.0. The van der Waals surface area contributed by atoms with Crippen LogP contribution in [0.3, 0.4) is 0 Å². The maximum atomic E-state index is 12.0. The summed E-state index contributed by atoms with van der Waals surface area (Å²) in [6, 6.07) is 9.96. The van der Waals surface area contributed by atoms with Gasteiger partial charge in [0.25, 0.3) is 5.91 Å². The Morgan fingerprint density at radius 3 is 2.54 bits per heavy atom. The minimum absolute atomic E-state index is 0.117. The van der Waals surface area contributed by atoms with Crippen LogP contribution in [-0.2, 0) is 6.54 Å². The lowest BCUT2D eigenvalue weighted by molar-refractivity contribution is 0.0963. The van der Waals surface area contributed by atoms with E-state index in [-0.39, 0.29) is 5.91 Å². The summed E-state index contributed by atoms with van der Waals surface area (Å²) in [6.45, 7) is 6.87. The van der Waals surface area contributed by atoms with Crippen LogP contribution in [-0.4, -0.2) is 22.3 Å². The first kappa shape index (κ1) is 16.1. The molecule has 0 bridgehead atoms. The minimum Gasteiger partial charge on any atom is -0.367 e. The lowest BCUT2D eigenvalue weighted by atomic mass is 10.0. The van der Waals surface area contributed by atoms with Gasteiger partial charge in [-0.2, -0.15) is 0 Å². The number of hydrogen-bond acceptors (Lipinski definition) is 3. The molecule has 2 N–H and O–H groups in total. The highest BCUT2D eigenvalue weighted by atomic mass is 16.1. The fourth-order valence-corrected chi connectivity index (χ4v) is 2.93. The third-order valence-electron chi connectivity index (χ3n) is 4.27. The van der Waals surface area contributed by atoms with Gasteiger partial charge in [-0.25, -0.2) is 4.98 Å². The molecule has 1 amide bonds. The van der Waals surface area contributed by atoms with Crippen LogP contribution in [0.15, 0.2) is 36.5 Å². The smallest absolute Gasteiger partial charge is 0.251 e. The number of nitrogens with one attached hydrogen (secondary N) is 2. The minimum atomic E-state index is -0.117. The monoisotopic (exact) mass is 322 g/mol. The number of aryl methyl sites for hydroxylation is 3. The Labute approximate surface area is 141 Å². The van der Waals surface area contributed by atoms with Gasteiger partial charge in [0.05, 0.1) is 5.69 Å². The lowest BCUT2D eigenvalue weighted by Gasteiger charge is -2.14. The van der Waals surface area contributed by atoms with Crippen LogP contribution in [0.4, 0.5) is 5.82 Å². The van der Waals surface area contributed by atoms with E-state index in [2.05, 4.69) is 47.7 Å². The molecule has 5 nitrogen and oxygen atoms in total. The van der Waals surface area contributed by atoms with Crippen LogP contribution >= 0.6 is 0 Å². The van der Waals surface area contributed by atoms with Gasteiger partial charge in [-0.15, -0.1) is 0 Å². The van der Waals surface area contributed by atoms with E-state index in [1.54, 1.807) is 13.1 Å². The molecule has 0 spiro atoms. The van der Waals surface area contributed by atoms with Crippen LogP contribution in [0.25, 0.3) is 5.65 Å². The second kappa shape index (κ2) is 6.35. The molecule has 0 saturated carbocycles. The zero-order valence-electron chi connectivity index (χ0n) is 14.5. The van der Waals surface area contributed by atoms with Crippen LogP contribution in [0.5, 0.6) is 0 Å². The molecule has 0 fully saturated rings. The molecule has 24 heavy (non-hydrogen) atoms. The number of rotatable bonds is 4. The van der Waals surface area contributed by atoms with Crippen molar-refractivity contribution < 1.29 is 4.79 Å². The van der Waals surface area contributed by atoms with Gasteiger partial charge in [-0.1, -0.05) is 18.2 Å². The molecule has 2 heterocycles. The summed E-state index contributed by atoms with van der Waals surface area (Å²) < 4.78 is 1.98. The zero-order chi connectivity index (χ0) is 17.3. The van der Waals surface area contributed by atoms with Crippen molar-refractivity contribution in [2.45, 2.75) is 27.3 Å². The molecular formula is C19H22N4O. The first-order chi connectivity index (χ1) is 11.5. The summed E-state index contributed by atoms with van der Waals surface area (Å²) in [5.41, 5.74) is 6.05. The Kier molecular flexibility index (Phi) is 4.25. The van der Waals surface area contributed by atoms with Gasteiger partial charge in [0.2, 0.25) is 0 Å². The fourth-order valence-electron chi connectivity index (χ4n) is 2.93. The van der Waals surface area contributed by atoms with Gasteiger partial charge in [0.1, 0.15) is 11.5 Å². The molecule has 0 radical (unpaired) electrons. The van der Waals surface area contributed by atoms with Crippen LogP contribution in [0, 0.1) is 20.8 Å². The molecule has 3 rings (SSSR count). The normalized spacial score (nSPS) is 10.8. The Hall–Kier alpha value is -2.82. The van der Waals surface area contributed by atoms with Crippen molar-refractivity contribution in [3.05, 3.63) is 64.5 Å². The van der Waals surface area contributed by atoms with E-state index in [4.69, 9.17) is 0 Å². The number of amides is 1. The van der Waals surface area contributed by atoms with Crippen molar-refractivity contribution >= 4 is 17.4 Å². The third kappa shape index (κ3) is 2.97. The standard InChI is InChI=1S/C19H22N4O/c1-12-6-5-7-13(2)16(12)10-21-17-8-15(19(24)20-4)9-18-22-14(3)11-23(17)18/h5-9,11,21H,10H2,1-4H3,(H,20,24). The largest absolute Gasteiger partial charge is 0.367 e. The summed E-state index contributed by atoms with van der Waals surface area (Å²) in [5, 5.41) is 6.13. The predicted molar refractivity (Wildman–Crippen MR) is 96.6 cm³/mol. The molecule has 0 atom stereocenters. The number of pyridine rings is 1. The van der Waals surface area contributed by atoms with E-state index in [1.165, 1.54) is 16.7 Å². The number of imidazole rings is 1. The van der Waals surface area contributed by atoms with Crippen molar-refractivity contribution in [3.63, 3.8) is 0 Å². The first-order valence-corrected chi connectivity index (χ1v) is 8.00. The maximum Gasteiger partial charge on any atom is 0.251 e. The number of benzene rings is 1. The van der Waals surface area contributed by atoms with Crippen molar-refractivity contribution in [3.8, 4) is 0 Å². The second-order valence-electron chi connectivity index (χ2n) is 6.04. The van der Waals surface area contributed by atoms with E-state index in [0.29, 0.717) is 12.1 Å². The molecule has 1 aromatic carbocycles. The summed E-state index contributed by atoms with van der Waals surface area (Å²) in [7, 11) is 1.63. The second-order valence-corrected chi connectivity index (χ2v) is 6.04. The van der Waals surface area contributed by atoms with Gasteiger partial charge < -0.3 is 10.6 Å². The van der Waals surface area contributed by atoms with Crippen molar-refractivity contribution in [2.24, 2.45) is 0 Å². The topological polar surface area (TPSA) is 58.4 Å². The fraction of sp³-hybridized carbons (Fsp3) is 0.263. The summed E-state index contributed by atoms with van der Waals surface area (Å²) >= 11 is 0. The van der Waals surface area contributed by atoms with Crippen LogP contribution < -0.4 is 10.6 Å². The Morgan fingerprint density at radius 1 is 1.17 bits per heavy atom. The molecule has 0 unspecified atom stereocenters. The molecule has 0 aliphatic rings. The molecule has 0 aliphatic heterocycles. The van der Waals surface area contributed by atoms with Crippen molar-refractivity contribution in [1.82, 2.24) is 14.7 Å². The quantitative estimate of drug-likeness (QED) is 0.775. The average molecular weight is 322 g/mol. The van der Waals surface area contributed by atoms with Gasteiger partial charge in [0, 0.05) is 25.4 Å². The number of aromatic nitrogens is 2. The third-order valence-corrected chi connectivity index (χ3v) is 4.27. The van der Waals surface area contributed by atoms with E-state index in [9.17, 15) is 4.79 Å². The number of carbonyl (C=O) groups excluding carboxylic acids is 1. The van der Waals surface area contributed by atoms with E-state index < -0.39 is 0 Å². The van der Waals surface area contributed by atoms with Gasteiger partial charge >= 0.3 is 0 Å². The van der Waals surface area contributed by atoms with Crippen LogP contribution in [0.2, 0.25) is 0 Å². The average Bonchev–Trinajstić information content (AvgIpc) is 2.93. The van der Waals surface area contributed by atoms with E-state index in [0.717, 1.165) is 17.2 Å². The first-order valence-electron chi connectivity index (χ1n) is 8.00. The molecule has 124 valence electrons. The molecule has 3 aromatic rings. The van der Waals surface area contributed by atoms with Gasteiger partial charge in [-0.05, 0) is 49.6 Å². The molecule has 5 heteroatoms. The highest BCUT2D eigenvalue weighted by molar-refractivity contribution is 5.95. The predicted octanol–water partition coefficient (Wildman–Crippen LogP) is 3.23. The van der Waals surface area contributed by atoms with Gasteiger partial charge in [-0.3, -0.25) is 9.20 Å². The highest BCUT2D eigenvalue weighted by Crippen LogP contribution is 2.20. The molecule has 0 aliphatic carbocycles. The molecule has 2 aromatic heterocycles. The number of nitrogens with zero attached hydrogens (tertiary/aromatic N) is 2. The number of anilines is 1. The number of hydrogen-bond donors (Lipinski definition) is 2.